The number of carboxylic acid groups (broad SMARTS) is 1. The number of carboxylic acids is 1. The van der Waals surface area contributed by atoms with Crippen LogP contribution in [-0.2, 0) is 9.59 Å². The summed E-state index contributed by atoms with van der Waals surface area (Å²) < 4.78 is 0. The van der Waals surface area contributed by atoms with E-state index in [4.69, 9.17) is 0 Å². The van der Waals surface area contributed by atoms with Crippen LogP contribution in [0.15, 0.2) is 30.3 Å². The Kier molecular flexibility index (Phi) is 5.58. The molecule has 1 aromatic rings. The molecule has 6 heteroatoms. The number of likely N-dealkylation sites (tertiary alicyclic amines) is 1. The molecule has 4 rings (SSSR count). The molecule has 1 heterocycles. The van der Waals surface area contributed by atoms with Gasteiger partial charge in [0.15, 0.2) is 0 Å². The number of aliphatic carboxylic acids is 1. The van der Waals surface area contributed by atoms with Gasteiger partial charge in [-0.2, -0.15) is 0 Å². The highest BCUT2D eigenvalue weighted by Gasteiger charge is 2.54. The van der Waals surface area contributed by atoms with Gasteiger partial charge >= 0.3 is 5.97 Å². The van der Waals surface area contributed by atoms with Gasteiger partial charge in [-0.25, -0.2) is 0 Å². The van der Waals surface area contributed by atoms with Gasteiger partial charge < -0.3 is 10.4 Å². The Hall–Kier alpha value is -1.59. The molecule has 1 aliphatic heterocycles. The van der Waals surface area contributed by atoms with Crippen molar-refractivity contribution in [1.82, 2.24) is 10.2 Å². The van der Waals surface area contributed by atoms with Crippen molar-refractivity contribution >= 4 is 24.3 Å². The van der Waals surface area contributed by atoms with Crippen LogP contribution in [0, 0.1) is 17.3 Å². The van der Waals surface area contributed by atoms with E-state index in [2.05, 4.69) is 17.4 Å². The Morgan fingerprint density at radius 1 is 1.23 bits per heavy atom. The van der Waals surface area contributed by atoms with Gasteiger partial charge in [-0.3, -0.25) is 14.5 Å². The molecule has 2 N–H and O–H groups in total. The van der Waals surface area contributed by atoms with E-state index in [9.17, 15) is 14.7 Å². The Balaban J connectivity index is 0.00000196. The maximum Gasteiger partial charge on any atom is 0.311 e. The van der Waals surface area contributed by atoms with Crippen molar-refractivity contribution in [2.24, 2.45) is 17.3 Å². The molecule has 3 atom stereocenters. The number of nitrogens with zero attached hydrogens (tertiary/aromatic N) is 1. The number of rotatable bonds is 6. The van der Waals surface area contributed by atoms with Crippen LogP contribution in [-0.4, -0.2) is 41.5 Å². The number of nitrogens with one attached hydrogen (secondary N) is 1. The van der Waals surface area contributed by atoms with E-state index >= 15 is 0 Å². The fraction of sp³-hybridized carbons (Fsp3) is 0.600. The summed E-state index contributed by atoms with van der Waals surface area (Å²) in [6.45, 7) is 1.56. The zero-order valence-electron chi connectivity index (χ0n) is 14.9. The number of carbonyl (C=O) groups excluding carboxylic acids is 1. The van der Waals surface area contributed by atoms with E-state index in [1.165, 1.54) is 5.56 Å². The van der Waals surface area contributed by atoms with Gasteiger partial charge in [0, 0.05) is 13.1 Å². The maximum atomic E-state index is 12.6. The van der Waals surface area contributed by atoms with Crippen molar-refractivity contribution in [2.45, 2.75) is 38.1 Å². The fourth-order valence-electron chi connectivity index (χ4n) is 4.85. The second-order valence-corrected chi connectivity index (χ2v) is 8.01. The molecule has 142 valence electrons. The average molecular weight is 379 g/mol. The zero-order chi connectivity index (χ0) is 17.4. The molecule has 0 radical (unpaired) electrons. The third kappa shape index (κ3) is 3.60. The number of halogens is 1. The SMILES string of the molecule is Cl.O=C(CN1C[C@@H]2CCC[C@@]2(C(=O)O)C1)NC(c1ccccc1)C1CC1. The standard InChI is InChI=1S/C20H26N2O3.ClH/c23-17(21-18(15-8-9-15)14-5-2-1-3-6-14)12-22-11-16-7-4-10-20(16,13-22)19(24)25;/h1-3,5-6,15-16,18H,4,7-13H2,(H,21,23)(H,24,25);1H/t16-,18?,20+;/m0./s1. The highest BCUT2D eigenvalue weighted by Crippen LogP contribution is 2.48. The first-order chi connectivity index (χ1) is 12.1. The van der Waals surface area contributed by atoms with Crippen molar-refractivity contribution in [2.75, 3.05) is 19.6 Å². The predicted molar refractivity (Wildman–Crippen MR) is 101 cm³/mol. The smallest absolute Gasteiger partial charge is 0.311 e. The van der Waals surface area contributed by atoms with Crippen LogP contribution in [0.25, 0.3) is 0 Å². The first-order valence-electron chi connectivity index (χ1n) is 9.38. The summed E-state index contributed by atoms with van der Waals surface area (Å²) in [7, 11) is 0. The number of hydrogen-bond donors (Lipinski definition) is 2. The van der Waals surface area contributed by atoms with Crippen molar-refractivity contribution in [1.29, 1.82) is 0 Å². The number of benzene rings is 1. The average Bonchev–Trinajstić information content (AvgIpc) is 3.26. The number of hydrogen-bond acceptors (Lipinski definition) is 3. The van der Waals surface area contributed by atoms with Crippen molar-refractivity contribution < 1.29 is 14.7 Å². The summed E-state index contributed by atoms with van der Waals surface area (Å²) in [6.07, 6.45) is 5.04. The fourth-order valence-corrected chi connectivity index (χ4v) is 4.85. The van der Waals surface area contributed by atoms with Gasteiger partial charge in [0.1, 0.15) is 0 Å². The summed E-state index contributed by atoms with van der Waals surface area (Å²) in [5.74, 6) is 0.0696. The number of carbonyl (C=O) groups is 2. The van der Waals surface area contributed by atoms with E-state index in [1.807, 2.05) is 23.1 Å². The van der Waals surface area contributed by atoms with Crippen LogP contribution in [0.1, 0.15) is 43.7 Å². The largest absolute Gasteiger partial charge is 0.481 e. The third-order valence-corrected chi connectivity index (χ3v) is 6.30. The monoisotopic (exact) mass is 378 g/mol. The molecule has 26 heavy (non-hydrogen) atoms. The van der Waals surface area contributed by atoms with Crippen LogP contribution < -0.4 is 5.32 Å². The molecular weight excluding hydrogens is 352 g/mol. The third-order valence-electron chi connectivity index (χ3n) is 6.30. The number of fused-ring (bicyclic) bond motifs is 1. The molecule has 0 bridgehead atoms. The van der Waals surface area contributed by atoms with Gasteiger partial charge in [0.05, 0.1) is 18.0 Å². The first kappa shape index (κ1) is 19.2. The highest BCUT2D eigenvalue weighted by atomic mass is 35.5. The molecular formula is C20H27ClN2O3. The molecule has 1 amide bonds. The van der Waals surface area contributed by atoms with Crippen LogP contribution in [0.5, 0.6) is 0 Å². The first-order valence-corrected chi connectivity index (χ1v) is 9.38. The summed E-state index contributed by atoms with van der Waals surface area (Å²) in [6, 6.07) is 10.2. The van der Waals surface area contributed by atoms with Crippen molar-refractivity contribution in [3.05, 3.63) is 35.9 Å². The van der Waals surface area contributed by atoms with Gasteiger partial charge in [-0.1, -0.05) is 36.8 Å². The summed E-state index contributed by atoms with van der Waals surface area (Å²) >= 11 is 0. The molecule has 3 aliphatic rings. The lowest BCUT2D eigenvalue weighted by Gasteiger charge is -2.24. The normalized spacial score (nSPS) is 28.8. The molecule has 2 saturated carbocycles. The van der Waals surface area contributed by atoms with Crippen molar-refractivity contribution in [3.63, 3.8) is 0 Å². The molecule has 5 nitrogen and oxygen atoms in total. The molecule has 0 aromatic heterocycles. The van der Waals surface area contributed by atoms with Gasteiger partial charge in [0.2, 0.25) is 5.91 Å². The van der Waals surface area contributed by atoms with Gasteiger partial charge in [0.25, 0.3) is 0 Å². The van der Waals surface area contributed by atoms with Gasteiger partial charge in [-0.15, -0.1) is 12.4 Å². The zero-order valence-corrected chi connectivity index (χ0v) is 15.7. The van der Waals surface area contributed by atoms with E-state index in [0.29, 0.717) is 19.0 Å². The van der Waals surface area contributed by atoms with Gasteiger partial charge in [-0.05, 0) is 43.1 Å². The number of amides is 1. The molecule has 1 aromatic carbocycles. The van der Waals surface area contributed by atoms with E-state index in [1.54, 1.807) is 0 Å². The summed E-state index contributed by atoms with van der Waals surface area (Å²) in [5.41, 5.74) is 0.550. The molecule has 1 saturated heterocycles. The molecule has 3 fully saturated rings. The van der Waals surface area contributed by atoms with E-state index in [-0.39, 0.29) is 30.3 Å². The van der Waals surface area contributed by atoms with Crippen molar-refractivity contribution in [3.8, 4) is 0 Å². The minimum absolute atomic E-state index is 0. The maximum absolute atomic E-state index is 12.6. The summed E-state index contributed by atoms with van der Waals surface area (Å²) in [5, 5.41) is 12.9. The Morgan fingerprint density at radius 2 is 1.96 bits per heavy atom. The van der Waals surface area contributed by atoms with Crippen LogP contribution in [0.4, 0.5) is 0 Å². The minimum Gasteiger partial charge on any atom is -0.481 e. The second-order valence-electron chi connectivity index (χ2n) is 8.01. The molecule has 0 spiro atoms. The quantitative estimate of drug-likeness (QED) is 0.798. The predicted octanol–water partition coefficient (Wildman–Crippen LogP) is 2.86. The lowest BCUT2D eigenvalue weighted by atomic mass is 9.81. The topological polar surface area (TPSA) is 69.6 Å². The van der Waals surface area contributed by atoms with E-state index in [0.717, 1.165) is 38.6 Å². The van der Waals surface area contributed by atoms with Crippen LogP contribution >= 0.6 is 12.4 Å². The lowest BCUT2D eigenvalue weighted by Crippen LogP contribution is -2.40. The van der Waals surface area contributed by atoms with Crippen LogP contribution in [0.3, 0.4) is 0 Å². The molecule has 2 aliphatic carbocycles. The van der Waals surface area contributed by atoms with Crippen LogP contribution in [0.2, 0.25) is 0 Å². The Bertz CT molecular complexity index is 664. The Morgan fingerprint density at radius 3 is 2.58 bits per heavy atom. The minimum atomic E-state index is -0.682. The van der Waals surface area contributed by atoms with E-state index < -0.39 is 11.4 Å². The highest BCUT2D eigenvalue weighted by molar-refractivity contribution is 5.85. The Labute approximate surface area is 160 Å². The summed E-state index contributed by atoms with van der Waals surface area (Å²) in [4.78, 5) is 26.4. The lowest BCUT2D eigenvalue weighted by molar-refractivity contribution is -0.149. The second kappa shape index (κ2) is 7.57. The molecule has 1 unspecified atom stereocenters.